The van der Waals surface area contributed by atoms with E-state index in [1.807, 2.05) is 70.2 Å². The summed E-state index contributed by atoms with van der Waals surface area (Å²) in [7, 11) is 0. The number of urea groups is 1. The molecule has 7 heteroatoms. The van der Waals surface area contributed by atoms with Gasteiger partial charge in [0.05, 0.1) is 6.04 Å². The largest absolute Gasteiger partial charge is 0.398 e. The number of carbonyl (C=O) groups is 2. The SMILES string of the molecule is C=C(/C=C\C(=C/C)C1NC(=O)NC(C)=C1c1ccc(N)c(C=N)c1)c1ccccc1CC.CC.NC=O. The van der Waals surface area contributed by atoms with Gasteiger partial charge in [-0.3, -0.25) is 4.79 Å². The van der Waals surface area contributed by atoms with Crippen LogP contribution in [0.15, 0.2) is 78.5 Å². The number of hydrogen-bond donors (Lipinski definition) is 5. The maximum absolute atomic E-state index is 12.3. The Balaban J connectivity index is 0.00000127. The minimum absolute atomic E-state index is 0.248. The van der Waals surface area contributed by atoms with Gasteiger partial charge in [-0.05, 0) is 60.2 Å². The average molecular weight is 502 g/mol. The van der Waals surface area contributed by atoms with Crippen LogP contribution >= 0.6 is 0 Å². The van der Waals surface area contributed by atoms with Crippen LogP contribution in [-0.2, 0) is 11.2 Å². The van der Waals surface area contributed by atoms with Crippen LogP contribution in [0.25, 0.3) is 11.1 Å². The van der Waals surface area contributed by atoms with E-state index in [-0.39, 0.29) is 18.5 Å². The van der Waals surface area contributed by atoms with E-state index in [2.05, 4.69) is 42.0 Å². The molecule has 0 saturated heterocycles. The highest BCUT2D eigenvalue weighted by atomic mass is 16.2. The maximum atomic E-state index is 12.3. The fourth-order valence-corrected chi connectivity index (χ4v) is 3.98. The van der Waals surface area contributed by atoms with Crippen molar-refractivity contribution in [3.8, 4) is 0 Å². The minimum atomic E-state index is -0.346. The summed E-state index contributed by atoms with van der Waals surface area (Å²) in [5, 5.41) is 13.5. The number of nitrogens with two attached hydrogens (primary N) is 2. The topological polar surface area (TPSA) is 134 Å². The number of aryl methyl sites for hydroxylation is 1. The highest BCUT2D eigenvalue weighted by Gasteiger charge is 2.28. The molecule has 0 bridgehead atoms. The Labute approximate surface area is 220 Å². The third-order valence-electron chi connectivity index (χ3n) is 5.71. The van der Waals surface area contributed by atoms with Crippen LogP contribution < -0.4 is 22.1 Å². The summed E-state index contributed by atoms with van der Waals surface area (Å²) < 4.78 is 0. The summed E-state index contributed by atoms with van der Waals surface area (Å²) in [4.78, 5) is 20.9. The predicted octanol–water partition coefficient (Wildman–Crippen LogP) is 5.58. The standard InChI is InChI=1S/C27H30N4O.C2H6.CH3NO/c1-5-19-9-7-8-10-23(19)17(3)11-12-20(6-2)26-25(18(4)30-27(32)31-26)21-13-14-24(29)22(15-21)16-28;1-2;2-1-3/h6-16,26,28H,3,5,29H2,1-2,4H3,(H2,30,31,32);1-2H3;1H,(H2,2,3)/b12-11-,20-6+,28-16?;;. The van der Waals surface area contributed by atoms with Gasteiger partial charge in [-0.25, -0.2) is 4.79 Å². The molecule has 0 radical (unpaired) electrons. The first-order valence-electron chi connectivity index (χ1n) is 12.3. The van der Waals surface area contributed by atoms with Crippen molar-refractivity contribution in [1.82, 2.24) is 10.6 Å². The van der Waals surface area contributed by atoms with Gasteiger partial charge in [-0.1, -0.05) is 75.9 Å². The molecule has 1 aliphatic rings. The zero-order chi connectivity index (χ0) is 28.0. The molecule has 7 nitrogen and oxygen atoms in total. The van der Waals surface area contributed by atoms with E-state index in [1.54, 1.807) is 6.07 Å². The lowest BCUT2D eigenvalue weighted by Crippen LogP contribution is -2.48. The summed E-state index contributed by atoms with van der Waals surface area (Å²) in [6, 6.07) is 13.2. The highest BCUT2D eigenvalue weighted by Crippen LogP contribution is 2.31. The lowest BCUT2D eigenvalue weighted by atomic mass is 9.88. The Morgan fingerprint density at radius 3 is 2.41 bits per heavy atom. The van der Waals surface area contributed by atoms with Gasteiger partial charge in [-0.15, -0.1) is 0 Å². The van der Waals surface area contributed by atoms with Gasteiger partial charge in [0.25, 0.3) is 0 Å². The monoisotopic (exact) mass is 501 g/mol. The van der Waals surface area contributed by atoms with E-state index in [0.717, 1.165) is 40.0 Å². The van der Waals surface area contributed by atoms with Crippen molar-refractivity contribution in [3.05, 3.63) is 101 Å². The van der Waals surface area contributed by atoms with Gasteiger partial charge in [-0.2, -0.15) is 0 Å². The first-order valence-corrected chi connectivity index (χ1v) is 12.3. The van der Waals surface area contributed by atoms with Crippen LogP contribution in [0.4, 0.5) is 10.5 Å². The smallest absolute Gasteiger partial charge is 0.319 e. The number of nitrogens with one attached hydrogen (secondary N) is 3. The fourth-order valence-electron chi connectivity index (χ4n) is 3.98. The number of anilines is 1. The molecule has 0 aliphatic carbocycles. The van der Waals surface area contributed by atoms with Crippen molar-refractivity contribution in [2.75, 3.05) is 5.73 Å². The van der Waals surface area contributed by atoms with Crippen LogP contribution in [0.2, 0.25) is 0 Å². The second-order valence-corrected chi connectivity index (χ2v) is 7.85. The number of primary amides is 1. The molecule has 1 heterocycles. The molecule has 0 aromatic heterocycles. The lowest BCUT2D eigenvalue weighted by Gasteiger charge is -2.30. The molecule has 196 valence electrons. The quantitative estimate of drug-likeness (QED) is 0.147. The number of carbonyl (C=O) groups excluding carboxylic acids is 2. The van der Waals surface area contributed by atoms with Crippen molar-refractivity contribution in [1.29, 1.82) is 5.41 Å². The molecule has 7 N–H and O–H groups in total. The normalized spacial score (nSPS) is 14.9. The molecule has 1 atom stereocenters. The molecule has 1 unspecified atom stereocenters. The zero-order valence-electron chi connectivity index (χ0n) is 22.4. The van der Waals surface area contributed by atoms with Crippen molar-refractivity contribution in [2.45, 2.75) is 47.1 Å². The first kappa shape index (κ1) is 30.6. The second kappa shape index (κ2) is 15.6. The van der Waals surface area contributed by atoms with Crippen LogP contribution in [0.3, 0.4) is 0 Å². The van der Waals surface area contributed by atoms with Crippen LogP contribution in [-0.4, -0.2) is 24.7 Å². The van der Waals surface area contributed by atoms with E-state index >= 15 is 0 Å². The van der Waals surface area contributed by atoms with E-state index in [1.165, 1.54) is 11.8 Å². The number of amides is 3. The molecule has 2 aromatic rings. The lowest BCUT2D eigenvalue weighted by molar-refractivity contribution is -0.106. The van der Waals surface area contributed by atoms with Crippen molar-refractivity contribution >= 4 is 35.5 Å². The fraction of sp³-hybridized carbons (Fsp3) is 0.233. The molecule has 3 rings (SSSR count). The van der Waals surface area contributed by atoms with E-state index < -0.39 is 0 Å². The van der Waals surface area contributed by atoms with Crippen LogP contribution in [0.1, 0.15) is 56.9 Å². The van der Waals surface area contributed by atoms with E-state index in [9.17, 15) is 4.79 Å². The zero-order valence-corrected chi connectivity index (χ0v) is 22.4. The number of hydrogen-bond acceptors (Lipinski definition) is 4. The summed E-state index contributed by atoms with van der Waals surface area (Å²) in [5.41, 5.74) is 18.2. The van der Waals surface area contributed by atoms with Gasteiger partial charge in [0.15, 0.2) is 0 Å². The van der Waals surface area contributed by atoms with Crippen LogP contribution in [0, 0.1) is 5.41 Å². The molecule has 37 heavy (non-hydrogen) atoms. The Hall–Kier alpha value is -4.39. The van der Waals surface area contributed by atoms with Crippen molar-refractivity contribution in [2.24, 2.45) is 5.73 Å². The number of nitrogen functional groups attached to an aromatic ring is 1. The van der Waals surface area contributed by atoms with Gasteiger partial charge in [0.2, 0.25) is 6.41 Å². The van der Waals surface area contributed by atoms with Gasteiger partial charge in [0.1, 0.15) is 0 Å². The molecule has 2 aromatic carbocycles. The average Bonchev–Trinajstić information content (AvgIpc) is 2.90. The summed E-state index contributed by atoms with van der Waals surface area (Å²) in [6.07, 6.45) is 8.42. The number of rotatable bonds is 7. The first-order chi connectivity index (χ1) is 17.8. The number of benzene rings is 2. The third kappa shape index (κ3) is 8.07. The molecule has 0 fully saturated rings. The minimum Gasteiger partial charge on any atom is -0.398 e. The van der Waals surface area contributed by atoms with E-state index in [4.69, 9.17) is 15.9 Å². The van der Waals surface area contributed by atoms with Crippen molar-refractivity contribution in [3.63, 3.8) is 0 Å². The predicted molar refractivity (Wildman–Crippen MR) is 156 cm³/mol. The number of allylic oxidation sites excluding steroid dienone is 4. The Morgan fingerprint density at radius 2 is 1.81 bits per heavy atom. The molecular weight excluding hydrogens is 462 g/mol. The van der Waals surface area contributed by atoms with E-state index in [0.29, 0.717) is 11.3 Å². The highest BCUT2D eigenvalue weighted by molar-refractivity contribution is 5.92. The Bertz CT molecular complexity index is 1210. The molecular formula is C30H39N5O2. The van der Waals surface area contributed by atoms with Gasteiger partial charge >= 0.3 is 6.03 Å². The van der Waals surface area contributed by atoms with Gasteiger partial charge < -0.3 is 27.5 Å². The second-order valence-electron chi connectivity index (χ2n) is 7.85. The van der Waals surface area contributed by atoms with Gasteiger partial charge in [0, 0.05) is 28.7 Å². The maximum Gasteiger partial charge on any atom is 0.319 e. The van der Waals surface area contributed by atoms with Crippen molar-refractivity contribution < 1.29 is 9.59 Å². The molecule has 0 spiro atoms. The summed E-state index contributed by atoms with van der Waals surface area (Å²) >= 11 is 0. The molecule has 3 amide bonds. The summed E-state index contributed by atoms with van der Waals surface area (Å²) in [5.74, 6) is 0. The molecule has 1 aliphatic heterocycles. The Kier molecular flexibility index (Phi) is 12.9. The third-order valence-corrected chi connectivity index (χ3v) is 5.71. The Morgan fingerprint density at radius 1 is 1.16 bits per heavy atom. The van der Waals surface area contributed by atoms with Crippen LogP contribution in [0.5, 0.6) is 0 Å². The summed E-state index contributed by atoms with van der Waals surface area (Å²) in [6.45, 7) is 14.2. The molecule has 0 saturated carbocycles.